The number of benzene rings is 2. The fourth-order valence-electron chi connectivity index (χ4n) is 3.98. The number of fused-ring (bicyclic) bond motifs is 3. The SMILES string of the molecule is Cc1ccc(N2CCN(c3nn4nnnc4c4ccccc34)CC2)c(C)c1. The van der Waals surface area contributed by atoms with Gasteiger partial charge in [0.15, 0.2) is 5.82 Å². The predicted molar refractivity (Wildman–Crippen MR) is 106 cm³/mol. The van der Waals surface area contributed by atoms with E-state index in [1.807, 2.05) is 12.1 Å². The molecule has 0 atom stereocenters. The summed E-state index contributed by atoms with van der Waals surface area (Å²) >= 11 is 0. The van der Waals surface area contributed by atoms with E-state index in [9.17, 15) is 0 Å². The molecule has 1 aliphatic rings. The summed E-state index contributed by atoms with van der Waals surface area (Å²) < 4.78 is 1.54. The standard InChI is InChI=1S/C20H21N7/c1-14-7-8-18(15(2)13-14)25-9-11-26(12-10-25)20-17-6-4-3-5-16(17)19-21-23-24-27(19)22-20/h3-8,13H,9-12H2,1-2H3. The molecule has 7 heteroatoms. The summed E-state index contributed by atoms with van der Waals surface area (Å²) in [7, 11) is 0. The summed E-state index contributed by atoms with van der Waals surface area (Å²) in [4.78, 5) is 4.80. The van der Waals surface area contributed by atoms with Gasteiger partial charge in [-0.2, -0.15) is 0 Å². The van der Waals surface area contributed by atoms with Crippen LogP contribution in [0.4, 0.5) is 11.5 Å². The van der Waals surface area contributed by atoms with Gasteiger partial charge in [0.25, 0.3) is 0 Å². The van der Waals surface area contributed by atoms with E-state index in [2.05, 4.69) is 69.5 Å². The lowest BCUT2D eigenvalue weighted by atomic mass is 10.1. The van der Waals surface area contributed by atoms with E-state index in [0.29, 0.717) is 5.65 Å². The predicted octanol–water partition coefficient (Wildman–Crippen LogP) is 2.62. The third kappa shape index (κ3) is 2.66. The van der Waals surface area contributed by atoms with Crippen LogP contribution in [0.1, 0.15) is 11.1 Å². The first-order valence-electron chi connectivity index (χ1n) is 9.25. The van der Waals surface area contributed by atoms with E-state index in [1.165, 1.54) is 21.4 Å². The Kier molecular flexibility index (Phi) is 3.67. The summed E-state index contributed by atoms with van der Waals surface area (Å²) in [6.45, 7) is 8.09. The van der Waals surface area contributed by atoms with Crippen molar-refractivity contribution in [2.75, 3.05) is 36.0 Å². The monoisotopic (exact) mass is 359 g/mol. The maximum absolute atomic E-state index is 4.70. The molecule has 0 N–H and O–H groups in total. The number of tetrazole rings is 1. The highest BCUT2D eigenvalue weighted by atomic mass is 15.6. The molecule has 5 rings (SSSR count). The molecule has 0 amide bonds. The molecule has 0 spiro atoms. The van der Waals surface area contributed by atoms with Crippen molar-refractivity contribution in [2.24, 2.45) is 0 Å². The Morgan fingerprint density at radius 3 is 2.37 bits per heavy atom. The second kappa shape index (κ2) is 6.19. The van der Waals surface area contributed by atoms with E-state index >= 15 is 0 Å². The summed E-state index contributed by atoms with van der Waals surface area (Å²) in [5, 5.41) is 18.7. The number of hydrogen-bond acceptors (Lipinski definition) is 6. The van der Waals surface area contributed by atoms with E-state index < -0.39 is 0 Å². The number of rotatable bonds is 2. The summed E-state index contributed by atoms with van der Waals surface area (Å²) in [5.41, 5.74) is 4.67. The molecule has 0 radical (unpaired) electrons. The summed E-state index contributed by atoms with van der Waals surface area (Å²) in [6, 6.07) is 14.9. The molecule has 136 valence electrons. The first-order chi connectivity index (χ1) is 13.2. The average molecular weight is 359 g/mol. The van der Waals surface area contributed by atoms with Crippen molar-refractivity contribution < 1.29 is 0 Å². The van der Waals surface area contributed by atoms with Crippen LogP contribution < -0.4 is 9.80 Å². The van der Waals surface area contributed by atoms with Crippen molar-refractivity contribution in [3.05, 3.63) is 53.6 Å². The van der Waals surface area contributed by atoms with Crippen LogP contribution in [0.5, 0.6) is 0 Å². The minimum absolute atomic E-state index is 0.697. The molecular weight excluding hydrogens is 338 g/mol. The molecule has 0 bridgehead atoms. The normalized spacial score (nSPS) is 15.0. The minimum atomic E-state index is 0.697. The van der Waals surface area contributed by atoms with Gasteiger partial charge in [0.05, 0.1) is 0 Å². The van der Waals surface area contributed by atoms with Crippen LogP contribution in [0.2, 0.25) is 0 Å². The van der Waals surface area contributed by atoms with Gasteiger partial charge in [0.2, 0.25) is 5.65 Å². The molecule has 0 unspecified atom stereocenters. The van der Waals surface area contributed by atoms with Crippen LogP contribution in [-0.4, -0.2) is 51.4 Å². The number of aromatic nitrogens is 5. The number of piperazine rings is 1. The molecule has 1 saturated heterocycles. The zero-order valence-electron chi connectivity index (χ0n) is 15.5. The second-order valence-corrected chi connectivity index (χ2v) is 7.13. The maximum atomic E-state index is 4.70. The molecule has 1 aliphatic heterocycles. The highest BCUT2D eigenvalue weighted by Crippen LogP contribution is 2.29. The molecule has 0 saturated carbocycles. The van der Waals surface area contributed by atoms with Gasteiger partial charge in [0.1, 0.15) is 0 Å². The fourth-order valence-corrected chi connectivity index (χ4v) is 3.98. The molecular formula is C20H21N7. The van der Waals surface area contributed by atoms with Crippen LogP contribution in [0.3, 0.4) is 0 Å². The largest absolute Gasteiger partial charge is 0.368 e. The molecule has 27 heavy (non-hydrogen) atoms. The van der Waals surface area contributed by atoms with Gasteiger partial charge in [0, 0.05) is 42.6 Å². The van der Waals surface area contributed by atoms with Crippen LogP contribution in [-0.2, 0) is 0 Å². The Bertz CT molecular complexity index is 1130. The lowest BCUT2D eigenvalue weighted by molar-refractivity contribution is 0.635. The Balaban J connectivity index is 1.47. The number of anilines is 2. The molecule has 2 aromatic heterocycles. The Hall–Kier alpha value is -3.22. The molecule has 7 nitrogen and oxygen atoms in total. The van der Waals surface area contributed by atoms with Crippen molar-refractivity contribution in [2.45, 2.75) is 13.8 Å². The Labute approximate surface area is 157 Å². The van der Waals surface area contributed by atoms with Crippen molar-refractivity contribution >= 4 is 27.9 Å². The quantitative estimate of drug-likeness (QED) is 0.548. The van der Waals surface area contributed by atoms with Crippen molar-refractivity contribution in [3.8, 4) is 0 Å². The number of hydrogen-bond donors (Lipinski definition) is 0. The Morgan fingerprint density at radius 1 is 0.852 bits per heavy atom. The van der Waals surface area contributed by atoms with Gasteiger partial charge < -0.3 is 9.80 Å². The minimum Gasteiger partial charge on any atom is -0.368 e. The first kappa shape index (κ1) is 16.0. The average Bonchev–Trinajstić information content (AvgIpc) is 3.17. The van der Waals surface area contributed by atoms with Crippen LogP contribution >= 0.6 is 0 Å². The smallest absolute Gasteiger partial charge is 0.207 e. The zero-order valence-corrected chi connectivity index (χ0v) is 15.5. The van der Waals surface area contributed by atoms with E-state index in [4.69, 9.17) is 5.10 Å². The van der Waals surface area contributed by atoms with Gasteiger partial charge in [-0.05, 0) is 35.9 Å². The van der Waals surface area contributed by atoms with Gasteiger partial charge in [-0.3, -0.25) is 0 Å². The zero-order chi connectivity index (χ0) is 18.4. The number of nitrogens with zero attached hydrogens (tertiary/aromatic N) is 7. The van der Waals surface area contributed by atoms with Crippen molar-refractivity contribution in [1.82, 2.24) is 25.3 Å². The number of aryl methyl sites for hydroxylation is 2. The van der Waals surface area contributed by atoms with Crippen LogP contribution in [0.25, 0.3) is 16.4 Å². The first-order valence-corrected chi connectivity index (χ1v) is 9.25. The summed E-state index contributed by atoms with van der Waals surface area (Å²) in [6.07, 6.45) is 0. The van der Waals surface area contributed by atoms with E-state index in [-0.39, 0.29) is 0 Å². The van der Waals surface area contributed by atoms with Gasteiger partial charge in [-0.25, -0.2) is 0 Å². The van der Waals surface area contributed by atoms with Gasteiger partial charge in [-0.15, -0.1) is 14.8 Å². The molecule has 4 aromatic rings. The molecule has 3 heterocycles. The second-order valence-electron chi connectivity index (χ2n) is 7.13. The lowest BCUT2D eigenvalue weighted by Gasteiger charge is -2.37. The topological polar surface area (TPSA) is 62.5 Å². The Morgan fingerprint density at radius 2 is 1.59 bits per heavy atom. The van der Waals surface area contributed by atoms with Gasteiger partial charge >= 0.3 is 0 Å². The van der Waals surface area contributed by atoms with Crippen molar-refractivity contribution in [1.29, 1.82) is 0 Å². The van der Waals surface area contributed by atoms with Gasteiger partial charge in [-0.1, -0.05) is 42.0 Å². The molecule has 0 aliphatic carbocycles. The van der Waals surface area contributed by atoms with Crippen LogP contribution in [0.15, 0.2) is 42.5 Å². The van der Waals surface area contributed by atoms with Crippen molar-refractivity contribution in [3.63, 3.8) is 0 Å². The lowest BCUT2D eigenvalue weighted by Crippen LogP contribution is -2.47. The molecule has 2 aromatic carbocycles. The summed E-state index contributed by atoms with van der Waals surface area (Å²) in [5.74, 6) is 0.950. The highest BCUT2D eigenvalue weighted by Gasteiger charge is 2.22. The third-order valence-electron chi connectivity index (χ3n) is 5.32. The third-order valence-corrected chi connectivity index (χ3v) is 5.32. The van der Waals surface area contributed by atoms with E-state index in [0.717, 1.165) is 42.8 Å². The van der Waals surface area contributed by atoms with E-state index in [1.54, 1.807) is 0 Å². The maximum Gasteiger partial charge on any atom is 0.207 e. The highest BCUT2D eigenvalue weighted by molar-refractivity contribution is 6.00. The fraction of sp³-hybridized carbons (Fsp3) is 0.300. The molecule has 1 fully saturated rings. The van der Waals surface area contributed by atoms with Crippen LogP contribution in [0, 0.1) is 13.8 Å².